The van der Waals surface area contributed by atoms with Crippen molar-refractivity contribution in [3.8, 4) is 0 Å². The zero-order valence-corrected chi connectivity index (χ0v) is 21.0. The monoisotopic (exact) mass is 529 g/mol. The Balaban J connectivity index is 0.00000392. The van der Waals surface area contributed by atoms with Gasteiger partial charge >= 0.3 is 0 Å². The van der Waals surface area contributed by atoms with E-state index in [1.165, 1.54) is 44.8 Å². The van der Waals surface area contributed by atoms with E-state index in [2.05, 4.69) is 22.5 Å². The molecule has 0 spiro atoms. The van der Waals surface area contributed by atoms with Gasteiger partial charge in [-0.05, 0) is 45.4 Å². The van der Waals surface area contributed by atoms with Crippen LogP contribution in [0.15, 0.2) is 4.99 Å². The second kappa shape index (κ2) is 12.6. The molecule has 6 nitrogen and oxygen atoms in total. The predicted octanol–water partition coefficient (Wildman–Crippen LogP) is 3.50. The molecule has 0 amide bonds. The van der Waals surface area contributed by atoms with Crippen molar-refractivity contribution in [3.63, 3.8) is 0 Å². The molecule has 166 valence electrons. The van der Waals surface area contributed by atoms with Crippen molar-refractivity contribution < 1.29 is 13.2 Å². The van der Waals surface area contributed by atoms with E-state index in [1.54, 1.807) is 0 Å². The van der Waals surface area contributed by atoms with E-state index in [1.807, 2.05) is 6.92 Å². The van der Waals surface area contributed by atoms with E-state index in [9.17, 15) is 8.42 Å². The average molecular weight is 530 g/mol. The first kappa shape index (κ1) is 25.9. The van der Waals surface area contributed by atoms with Gasteiger partial charge < -0.3 is 15.4 Å². The molecule has 1 saturated carbocycles. The highest BCUT2D eigenvalue weighted by Gasteiger charge is 2.42. The third kappa shape index (κ3) is 7.97. The number of ether oxygens (including phenoxy) is 1. The lowest BCUT2D eigenvalue weighted by Crippen LogP contribution is -2.48. The number of sulfone groups is 1. The Bertz CT molecular complexity index is 571. The van der Waals surface area contributed by atoms with Gasteiger partial charge in [-0.25, -0.2) is 8.42 Å². The van der Waals surface area contributed by atoms with Gasteiger partial charge in [-0.3, -0.25) is 4.99 Å². The molecule has 1 unspecified atom stereocenters. The Morgan fingerprint density at radius 1 is 1.21 bits per heavy atom. The molecule has 1 aliphatic carbocycles. The standard InChI is InChI=1S/C20H39N3O3S.HI/c1-4-21-19(23-17(2)10-11-18-8-6-5-7-9-18)22-16-20(27(3,24)25)12-14-26-15-13-20;/h17-18H,4-16H2,1-3H3,(H2,21,22,23);1H. The fraction of sp³-hybridized carbons (Fsp3) is 0.950. The smallest absolute Gasteiger partial charge is 0.191 e. The van der Waals surface area contributed by atoms with Crippen molar-refractivity contribution in [1.29, 1.82) is 0 Å². The molecule has 0 aromatic heterocycles. The van der Waals surface area contributed by atoms with Gasteiger partial charge in [0.1, 0.15) is 0 Å². The van der Waals surface area contributed by atoms with Crippen LogP contribution in [0.2, 0.25) is 0 Å². The van der Waals surface area contributed by atoms with E-state index in [0.29, 0.717) is 38.6 Å². The molecule has 2 aliphatic rings. The zero-order valence-electron chi connectivity index (χ0n) is 17.8. The van der Waals surface area contributed by atoms with Gasteiger partial charge in [-0.1, -0.05) is 32.1 Å². The lowest BCUT2D eigenvalue weighted by Gasteiger charge is -2.34. The lowest BCUT2D eigenvalue weighted by molar-refractivity contribution is 0.0768. The number of nitrogens with zero attached hydrogens (tertiary/aromatic N) is 1. The molecule has 2 rings (SSSR count). The van der Waals surface area contributed by atoms with Crippen LogP contribution in [0.25, 0.3) is 0 Å². The van der Waals surface area contributed by atoms with Crippen molar-refractivity contribution in [2.45, 2.75) is 82.4 Å². The molecular weight excluding hydrogens is 489 g/mol. The van der Waals surface area contributed by atoms with Crippen molar-refractivity contribution in [1.82, 2.24) is 10.6 Å². The molecule has 28 heavy (non-hydrogen) atoms. The molecule has 0 aromatic rings. The number of guanidine groups is 1. The minimum atomic E-state index is -3.19. The first-order valence-electron chi connectivity index (χ1n) is 10.7. The van der Waals surface area contributed by atoms with Crippen molar-refractivity contribution >= 4 is 39.8 Å². The van der Waals surface area contributed by atoms with E-state index < -0.39 is 14.6 Å². The maximum atomic E-state index is 12.4. The van der Waals surface area contributed by atoms with E-state index in [4.69, 9.17) is 4.74 Å². The topological polar surface area (TPSA) is 79.8 Å². The van der Waals surface area contributed by atoms with Crippen LogP contribution in [0, 0.1) is 5.92 Å². The minimum absolute atomic E-state index is 0. The Hall–Kier alpha value is -0.0900. The minimum Gasteiger partial charge on any atom is -0.381 e. The maximum Gasteiger partial charge on any atom is 0.191 e. The summed E-state index contributed by atoms with van der Waals surface area (Å²) in [6.45, 7) is 6.26. The molecule has 1 aliphatic heterocycles. The first-order valence-corrected chi connectivity index (χ1v) is 12.6. The molecule has 8 heteroatoms. The molecule has 0 radical (unpaired) electrons. The van der Waals surface area contributed by atoms with Crippen LogP contribution in [0.3, 0.4) is 0 Å². The van der Waals surface area contributed by atoms with Crippen molar-refractivity contribution in [2.75, 3.05) is 32.6 Å². The molecule has 1 saturated heterocycles. The van der Waals surface area contributed by atoms with Gasteiger partial charge in [0, 0.05) is 32.1 Å². The molecule has 0 aromatic carbocycles. The fourth-order valence-corrected chi connectivity index (χ4v) is 5.41. The van der Waals surface area contributed by atoms with Crippen LogP contribution >= 0.6 is 24.0 Å². The van der Waals surface area contributed by atoms with Crippen LogP contribution in [0.1, 0.15) is 71.6 Å². The fourth-order valence-electron chi connectivity index (χ4n) is 4.20. The van der Waals surface area contributed by atoms with Crippen LogP contribution in [-0.2, 0) is 14.6 Å². The second-order valence-electron chi connectivity index (χ2n) is 8.39. The zero-order chi connectivity index (χ0) is 19.8. The number of halogens is 1. The maximum absolute atomic E-state index is 12.4. The van der Waals surface area contributed by atoms with Gasteiger partial charge in [0.2, 0.25) is 0 Å². The highest BCUT2D eigenvalue weighted by molar-refractivity contribution is 14.0. The first-order chi connectivity index (χ1) is 12.9. The predicted molar refractivity (Wildman–Crippen MR) is 127 cm³/mol. The van der Waals surface area contributed by atoms with Gasteiger partial charge in [0.25, 0.3) is 0 Å². The summed E-state index contributed by atoms with van der Waals surface area (Å²) in [4.78, 5) is 4.67. The third-order valence-corrected chi connectivity index (χ3v) is 8.29. The molecule has 1 heterocycles. The summed E-state index contributed by atoms with van der Waals surface area (Å²) in [5.74, 6) is 1.60. The molecule has 0 bridgehead atoms. The number of hydrogen-bond acceptors (Lipinski definition) is 4. The lowest BCUT2D eigenvalue weighted by atomic mass is 9.85. The SMILES string of the molecule is CCNC(=NCC1(S(C)(=O)=O)CCOCC1)NC(C)CCC1CCCCC1.I. The van der Waals surface area contributed by atoms with E-state index in [-0.39, 0.29) is 24.0 Å². The number of hydrogen-bond donors (Lipinski definition) is 2. The average Bonchev–Trinajstić information content (AvgIpc) is 2.65. The van der Waals surface area contributed by atoms with Crippen molar-refractivity contribution in [3.05, 3.63) is 0 Å². The number of nitrogens with one attached hydrogen (secondary N) is 2. The Kier molecular flexibility index (Phi) is 11.6. The van der Waals surface area contributed by atoms with Crippen LogP contribution in [0.5, 0.6) is 0 Å². The number of aliphatic imine (C=N–C) groups is 1. The summed E-state index contributed by atoms with van der Waals surface area (Å²) in [6, 6.07) is 0.327. The van der Waals surface area contributed by atoms with Crippen LogP contribution < -0.4 is 10.6 Å². The van der Waals surface area contributed by atoms with E-state index >= 15 is 0 Å². The largest absolute Gasteiger partial charge is 0.381 e. The number of rotatable bonds is 8. The molecular formula is C20H40IN3O3S. The quantitative estimate of drug-likeness (QED) is 0.286. The Labute approximate surface area is 189 Å². The highest BCUT2D eigenvalue weighted by Crippen LogP contribution is 2.30. The molecule has 2 N–H and O–H groups in total. The Morgan fingerprint density at radius 2 is 1.86 bits per heavy atom. The van der Waals surface area contributed by atoms with Gasteiger partial charge in [-0.15, -0.1) is 24.0 Å². The summed E-state index contributed by atoms with van der Waals surface area (Å²) >= 11 is 0. The normalized spacial score (nSPS) is 22.2. The second-order valence-corrected chi connectivity index (χ2v) is 10.8. The summed E-state index contributed by atoms with van der Waals surface area (Å²) in [5.41, 5.74) is 0. The van der Waals surface area contributed by atoms with Gasteiger partial charge in [0.15, 0.2) is 15.8 Å². The van der Waals surface area contributed by atoms with Crippen molar-refractivity contribution in [2.24, 2.45) is 10.9 Å². The van der Waals surface area contributed by atoms with E-state index in [0.717, 1.165) is 24.8 Å². The highest BCUT2D eigenvalue weighted by atomic mass is 127. The summed E-state index contributed by atoms with van der Waals surface area (Å²) in [6.07, 6.45) is 11.7. The van der Waals surface area contributed by atoms with Gasteiger partial charge in [-0.2, -0.15) is 0 Å². The van der Waals surface area contributed by atoms with Crippen LogP contribution in [0.4, 0.5) is 0 Å². The summed E-state index contributed by atoms with van der Waals surface area (Å²) in [7, 11) is -3.19. The Morgan fingerprint density at radius 3 is 2.43 bits per heavy atom. The molecule has 2 fully saturated rings. The molecule has 1 atom stereocenters. The van der Waals surface area contributed by atoms with Gasteiger partial charge in [0.05, 0.1) is 11.3 Å². The summed E-state index contributed by atoms with van der Waals surface area (Å²) < 4.78 is 29.4. The third-order valence-electron chi connectivity index (χ3n) is 6.18. The summed E-state index contributed by atoms with van der Waals surface area (Å²) in [5, 5.41) is 6.75. The van der Waals surface area contributed by atoms with Crippen LogP contribution in [-0.4, -0.2) is 57.7 Å².